The number of Topliss-reactive ketones (excluding diaryl/α,β-unsaturated/α-hetero) is 2. The summed E-state index contributed by atoms with van der Waals surface area (Å²) in [5.74, 6) is -1.74. The van der Waals surface area contributed by atoms with Crippen LogP contribution in [-0.2, 0) is 20.2 Å². The summed E-state index contributed by atoms with van der Waals surface area (Å²) in [5.41, 5.74) is 16.8. The molecular formula is C33H24N8Na2O9S2. The minimum Gasteiger partial charge on any atom is -0.744 e. The number of nitrogens with zero attached hydrogens (tertiary/aromatic N) is 2. The fourth-order valence-corrected chi connectivity index (χ4v) is 6.47. The number of benzene rings is 4. The summed E-state index contributed by atoms with van der Waals surface area (Å²) in [5, 5.41) is 12.7. The number of rotatable bonds is 8. The smallest absolute Gasteiger partial charge is 0.744 e. The van der Waals surface area contributed by atoms with Gasteiger partial charge in [0, 0.05) is 33.9 Å². The molecule has 0 aromatic heterocycles. The van der Waals surface area contributed by atoms with Crippen molar-refractivity contribution >= 4 is 95.5 Å². The monoisotopic (exact) mass is 786 g/mol. The van der Waals surface area contributed by atoms with Gasteiger partial charge in [0.15, 0.2) is 0 Å². The van der Waals surface area contributed by atoms with Gasteiger partial charge in [-0.15, -0.1) is 0 Å². The van der Waals surface area contributed by atoms with Gasteiger partial charge in [-0.3, -0.25) is 20.4 Å². The first-order chi connectivity index (χ1) is 24.6. The van der Waals surface area contributed by atoms with Crippen molar-refractivity contribution in [1.29, 1.82) is 0 Å². The van der Waals surface area contributed by atoms with Gasteiger partial charge in [0.1, 0.15) is 31.7 Å². The molecule has 6 rings (SSSR count). The maximum Gasteiger partial charge on any atom is 1.00 e. The molecule has 54 heavy (non-hydrogen) atoms. The first-order valence-electron chi connectivity index (χ1n) is 14.8. The van der Waals surface area contributed by atoms with E-state index in [1.807, 2.05) is 0 Å². The number of hydrogen-bond donors (Lipinski definition) is 6. The Labute approximate surface area is 352 Å². The molecule has 2 amide bonds. The van der Waals surface area contributed by atoms with Gasteiger partial charge in [0.05, 0.1) is 21.2 Å². The van der Waals surface area contributed by atoms with E-state index in [0.717, 1.165) is 12.2 Å². The predicted octanol–water partition coefficient (Wildman–Crippen LogP) is -2.40. The number of hydrogen-bond acceptors (Lipinski definition) is 15. The normalized spacial score (nSPS) is 15.1. The van der Waals surface area contributed by atoms with Gasteiger partial charge >= 0.3 is 65.1 Å². The Morgan fingerprint density at radius 1 is 0.574 bits per heavy atom. The number of anilines is 6. The molecule has 0 spiro atoms. The van der Waals surface area contributed by atoms with Crippen molar-refractivity contribution in [2.75, 3.05) is 33.0 Å². The van der Waals surface area contributed by atoms with Crippen LogP contribution >= 0.6 is 0 Å². The third kappa shape index (κ3) is 9.51. The van der Waals surface area contributed by atoms with Crippen LogP contribution < -0.4 is 92.1 Å². The van der Waals surface area contributed by atoms with Gasteiger partial charge in [-0.25, -0.2) is 21.6 Å². The molecule has 21 heteroatoms. The van der Waals surface area contributed by atoms with Crippen LogP contribution in [0.2, 0.25) is 0 Å². The van der Waals surface area contributed by atoms with Crippen LogP contribution in [-0.4, -0.2) is 55.0 Å². The van der Waals surface area contributed by atoms with Crippen molar-refractivity contribution in [3.8, 4) is 0 Å². The summed E-state index contributed by atoms with van der Waals surface area (Å²) in [6.45, 7) is 0. The molecule has 0 saturated carbocycles. The van der Waals surface area contributed by atoms with Gasteiger partial charge in [-0.05, 0) is 96.1 Å². The van der Waals surface area contributed by atoms with Crippen LogP contribution in [0.1, 0.15) is 31.8 Å². The number of allylic oxidation sites excluding steroid dienone is 2. The summed E-state index contributed by atoms with van der Waals surface area (Å²) < 4.78 is 72.8. The van der Waals surface area contributed by atoms with Crippen molar-refractivity contribution in [2.24, 2.45) is 10.2 Å². The minimum absolute atomic E-state index is 0. The van der Waals surface area contributed by atoms with Crippen molar-refractivity contribution < 1.29 is 99.4 Å². The molecule has 0 radical (unpaired) electrons. The summed E-state index contributed by atoms with van der Waals surface area (Å²) in [4.78, 5) is 37.7. The van der Waals surface area contributed by atoms with E-state index in [-0.39, 0.29) is 92.7 Å². The number of fused-ring (bicyclic) bond motifs is 2. The van der Waals surface area contributed by atoms with Crippen LogP contribution in [0.25, 0.3) is 12.2 Å². The minimum atomic E-state index is -5.19. The number of nitrogens with two attached hydrogens (primary N) is 2. The molecule has 8 N–H and O–H groups in total. The molecular weight excluding hydrogens is 763 g/mol. The fraction of sp³-hybridized carbons (Fsp3) is 0. The van der Waals surface area contributed by atoms with Gasteiger partial charge in [0.25, 0.3) is 0 Å². The molecule has 0 bridgehead atoms. The van der Waals surface area contributed by atoms with E-state index < -0.39 is 59.1 Å². The Bertz CT molecular complexity index is 2400. The topological polar surface area (TPSA) is 290 Å². The summed E-state index contributed by atoms with van der Waals surface area (Å²) in [6, 6.07) is 19.4. The predicted molar refractivity (Wildman–Crippen MR) is 193 cm³/mol. The first-order valence-corrected chi connectivity index (χ1v) is 17.6. The second kappa shape index (κ2) is 16.8. The number of nitrogens with one attached hydrogen (secondary N) is 4. The van der Waals surface area contributed by atoms with Gasteiger partial charge in [-0.1, -0.05) is 12.1 Å². The van der Waals surface area contributed by atoms with Gasteiger partial charge in [0.2, 0.25) is 11.6 Å². The SMILES string of the molecule is Nc1cccc(N/N=C2/C(=O)c3ccc(NC(=O)Nc4ccc5c(c4)C=C(S(=O)(=O)[O-])/C(=N/Nc4cccc(N)c4)C5=O)cc3C=C2S(=O)(=O)[O-])c1.[Na+].[Na+]. The standard InChI is InChI=1S/C33H26N8O9S2.2Na/c34-19-3-1-5-23(15-19)38-40-29-27(51(45,46)47)13-17-11-21(7-9-25(17)31(29)42)36-33(44)37-22-8-10-26-18(12-22)14-28(52(48,49)50)30(32(26)43)41-39-24-6-2-4-20(35)16-24;;/h1-16,38-39H,34-35H2,(H2,36,37,44)(H,45,46,47)(H,48,49,50);;/q;2*+1/p-2/b40-29-,41-30+;;. The Balaban J connectivity index is 0.00000325. The molecule has 0 atom stereocenters. The zero-order chi connectivity index (χ0) is 37.4. The molecule has 17 nitrogen and oxygen atoms in total. The third-order valence-electron chi connectivity index (χ3n) is 7.48. The molecule has 264 valence electrons. The molecule has 2 aliphatic rings. The number of hydrazone groups is 2. The number of carbonyl (C=O) groups is 3. The Kier molecular flexibility index (Phi) is 13.1. The average Bonchev–Trinajstić information content (AvgIpc) is 3.06. The molecule has 0 fully saturated rings. The molecule has 2 aliphatic carbocycles. The molecule has 0 unspecified atom stereocenters. The largest absolute Gasteiger partial charge is 1.00 e. The average molecular weight is 787 g/mol. The third-order valence-corrected chi connectivity index (χ3v) is 9.18. The van der Waals surface area contributed by atoms with E-state index in [1.165, 1.54) is 48.5 Å². The van der Waals surface area contributed by atoms with Crippen molar-refractivity contribution in [2.45, 2.75) is 0 Å². The molecule has 4 aromatic carbocycles. The van der Waals surface area contributed by atoms with E-state index in [2.05, 4.69) is 31.7 Å². The Morgan fingerprint density at radius 2 is 0.963 bits per heavy atom. The van der Waals surface area contributed by atoms with E-state index >= 15 is 0 Å². The maximum atomic E-state index is 13.3. The molecule has 0 heterocycles. The molecule has 0 aliphatic heterocycles. The van der Waals surface area contributed by atoms with Crippen molar-refractivity contribution in [3.05, 3.63) is 117 Å². The first kappa shape index (κ1) is 42.1. The number of amides is 2. The van der Waals surface area contributed by atoms with Crippen LogP contribution in [0.4, 0.5) is 38.9 Å². The van der Waals surface area contributed by atoms with Crippen LogP contribution in [0.3, 0.4) is 0 Å². The van der Waals surface area contributed by atoms with Crippen molar-refractivity contribution in [3.63, 3.8) is 0 Å². The summed E-state index contributed by atoms with van der Waals surface area (Å²) >= 11 is 0. The van der Waals surface area contributed by atoms with Crippen LogP contribution in [0, 0.1) is 0 Å². The number of carbonyl (C=O) groups excluding carboxylic acids is 3. The van der Waals surface area contributed by atoms with E-state index in [4.69, 9.17) is 11.5 Å². The van der Waals surface area contributed by atoms with Gasteiger partial charge in [-0.2, -0.15) is 10.2 Å². The Hall–Kier alpha value is -4.67. The van der Waals surface area contributed by atoms with E-state index in [9.17, 15) is 40.3 Å². The molecule has 4 aromatic rings. The fourth-order valence-electron chi connectivity index (χ4n) is 5.18. The van der Waals surface area contributed by atoms with Crippen LogP contribution in [0.15, 0.2) is 105 Å². The number of nitrogen functional groups attached to an aromatic ring is 2. The van der Waals surface area contributed by atoms with E-state index in [0.29, 0.717) is 22.7 Å². The number of ketones is 2. The quantitative estimate of drug-likeness (QED) is 0.0471. The van der Waals surface area contributed by atoms with Crippen LogP contribution in [0.5, 0.6) is 0 Å². The Morgan fingerprint density at radius 3 is 1.31 bits per heavy atom. The number of urea groups is 1. The van der Waals surface area contributed by atoms with Crippen molar-refractivity contribution in [1.82, 2.24) is 0 Å². The zero-order valence-electron chi connectivity index (χ0n) is 28.3. The maximum absolute atomic E-state index is 13.3. The molecule has 0 saturated heterocycles. The summed E-state index contributed by atoms with van der Waals surface area (Å²) in [7, 11) is -10.4. The van der Waals surface area contributed by atoms with Gasteiger partial charge < -0.3 is 31.2 Å². The second-order valence-electron chi connectivity index (χ2n) is 11.2. The van der Waals surface area contributed by atoms with E-state index in [1.54, 1.807) is 36.4 Å². The zero-order valence-corrected chi connectivity index (χ0v) is 33.9. The summed E-state index contributed by atoms with van der Waals surface area (Å²) in [6.07, 6.45) is 1.91. The second-order valence-corrected chi connectivity index (χ2v) is 13.9.